The van der Waals surface area contributed by atoms with Crippen LogP contribution in [0.1, 0.15) is 30.1 Å². The van der Waals surface area contributed by atoms with Crippen LogP contribution >= 0.6 is 0 Å². The molecule has 2 aromatic rings. The third-order valence-corrected chi connectivity index (χ3v) is 4.86. The van der Waals surface area contributed by atoms with E-state index in [-0.39, 0.29) is 24.8 Å². The Morgan fingerprint density at radius 2 is 1.72 bits per heavy atom. The van der Waals surface area contributed by atoms with Crippen LogP contribution in [0.15, 0.2) is 54.6 Å². The Kier molecular flexibility index (Phi) is 8.48. The molecule has 1 N–H and O–H groups in total. The standard InChI is InChI=1S/C24H28N2O6/c1-2-13-32-22(27)17-21-23(28)25-11-12-26(21)24(29)18-7-6-10-20(16-18)31-15-14-30-19-8-4-3-5-9-19/h3-10,16,21H,2,11-15,17H2,1H3,(H,25,28). The summed E-state index contributed by atoms with van der Waals surface area (Å²) in [5, 5.41) is 2.71. The van der Waals surface area contributed by atoms with Gasteiger partial charge >= 0.3 is 5.97 Å². The number of ether oxygens (including phenoxy) is 3. The Hall–Kier alpha value is -3.55. The van der Waals surface area contributed by atoms with E-state index >= 15 is 0 Å². The normalized spacial score (nSPS) is 15.6. The third kappa shape index (κ3) is 6.47. The lowest BCUT2D eigenvalue weighted by molar-refractivity contribution is -0.147. The minimum absolute atomic E-state index is 0.176. The van der Waals surface area contributed by atoms with E-state index in [1.165, 1.54) is 4.90 Å². The first kappa shape index (κ1) is 23.1. The van der Waals surface area contributed by atoms with Gasteiger partial charge in [-0.3, -0.25) is 14.4 Å². The number of carbonyl (C=O) groups is 3. The SMILES string of the molecule is CCCOC(=O)CC1C(=O)NCCN1C(=O)c1cccc(OCCOc2ccccc2)c1. The number of rotatable bonds is 10. The molecule has 1 heterocycles. The van der Waals surface area contributed by atoms with Gasteiger partial charge in [-0.05, 0) is 36.8 Å². The topological polar surface area (TPSA) is 94.2 Å². The summed E-state index contributed by atoms with van der Waals surface area (Å²) in [4.78, 5) is 39.0. The fourth-order valence-corrected chi connectivity index (χ4v) is 3.31. The van der Waals surface area contributed by atoms with E-state index in [4.69, 9.17) is 14.2 Å². The highest BCUT2D eigenvalue weighted by Gasteiger charge is 2.35. The number of nitrogens with zero attached hydrogens (tertiary/aromatic N) is 1. The summed E-state index contributed by atoms with van der Waals surface area (Å²) in [6.07, 6.45) is 0.513. The number of para-hydroxylation sites is 1. The molecule has 0 spiro atoms. The number of carbonyl (C=O) groups excluding carboxylic acids is 3. The molecule has 2 amide bonds. The van der Waals surface area contributed by atoms with Crippen LogP contribution in [-0.2, 0) is 14.3 Å². The maximum absolute atomic E-state index is 13.1. The molecule has 1 atom stereocenters. The van der Waals surface area contributed by atoms with E-state index in [1.54, 1.807) is 24.3 Å². The number of piperazine rings is 1. The first-order chi connectivity index (χ1) is 15.6. The van der Waals surface area contributed by atoms with E-state index in [0.29, 0.717) is 44.0 Å². The smallest absolute Gasteiger partial charge is 0.308 e. The molecular formula is C24H28N2O6. The summed E-state index contributed by atoms with van der Waals surface area (Å²) in [6.45, 7) is 3.49. The van der Waals surface area contributed by atoms with Gasteiger partial charge in [-0.2, -0.15) is 0 Å². The third-order valence-electron chi connectivity index (χ3n) is 4.86. The lowest BCUT2D eigenvalue weighted by Crippen LogP contribution is -2.57. The molecule has 8 heteroatoms. The van der Waals surface area contributed by atoms with Crippen LogP contribution in [0.4, 0.5) is 0 Å². The quantitative estimate of drug-likeness (QED) is 0.451. The Bertz CT molecular complexity index is 918. The van der Waals surface area contributed by atoms with Gasteiger partial charge in [-0.1, -0.05) is 31.2 Å². The van der Waals surface area contributed by atoms with Gasteiger partial charge in [0.25, 0.3) is 5.91 Å². The molecule has 1 fully saturated rings. The second-order valence-electron chi connectivity index (χ2n) is 7.27. The molecule has 1 aliphatic heterocycles. The molecule has 0 radical (unpaired) electrons. The zero-order chi connectivity index (χ0) is 22.8. The van der Waals surface area contributed by atoms with E-state index in [1.807, 2.05) is 37.3 Å². The molecule has 0 aliphatic carbocycles. The second-order valence-corrected chi connectivity index (χ2v) is 7.27. The van der Waals surface area contributed by atoms with Crippen molar-refractivity contribution in [3.8, 4) is 11.5 Å². The number of nitrogens with one attached hydrogen (secondary N) is 1. The van der Waals surface area contributed by atoms with Crippen LogP contribution in [0, 0.1) is 0 Å². The molecular weight excluding hydrogens is 412 g/mol. The Morgan fingerprint density at radius 1 is 1.00 bits per heavy atom. The molecule has 3 rings (SSSR count). The molecule has 0 bridgehead atoms. The highest BCUT2D eigenvalue weighted by Crippen LogP contribution is 2.19. The largest absolute Gasteiger partial charge is 0.490 e. The van der Waals surface area contributed by atoms with E-state index in [9.17, 15) is 14.4 Å². The van der Waals surface area contributed by atoms with Crippen molar-refractivity contribution in [2.24, 2.45) is 0 Å². The highest BCUT2D eigenvalue weighted by molar-refractivity contribution is 5.99. The predicted molar refractivity (Wildman–Crippen MR) is 118 cm³/mol. The van der Waals surface area contributed by atoms with Crippen molar-refractivity contribution in [1.29, 1.82) is 0 Å². The zero-order valence-corrected chi connectivity index (χ0v) is 18.1. The lowest BCUT2D eigenvalue weighted by atomic mass is 10.1. The van der Waals surface area contributed by atoms with Gasteiger partial charge in [0.15, 0.2) is 0 Å². The lowest BCUT2D eigenvalue weighted by Gasteiger charge is -2.34. The van der Waals surface area contributed by atoms with Crippen LogP contribution in [0.25, 0.3) is 0 Å². The summed E-state index contributed by atoms with van der Waals surface area (Å²) >= 11 is 0. The van der Waals surface area contributed by atoms with Gasteiger partial charge in [0, 0.05) is 18.7 Å². The molecule has 0 aromatic heterocycles. The number of hydrogen-bond acceptors (Lipinski definition) is 6. The highest BCUT2D eigenvalue weighted by atomic mass is 16.5. The summed E-state index contributed by atoms with van der Waals surface area (Å²) in [5.41, 5.74) is 0.383. The first-order valence-corrected chi connectivity index (χ1v) is 10.7. The molecule has 0 saturated carbocycles. The molecule has 1 unspecified atom stereocenters. The predicted octanol–water partition coefficient (Wildman–Crippen LogP) is 2.43. The Labute approximate surface area is 187 Å². The van der Waals surface area contributed by atoms with Crippen molar-refractivity contribution in [3.63, 3.8) is 0 Å². The van der Waals surface area contributed by atoms with Gasteiger partial charge < -0.3 is 24.4 Å². The van der Waals surface area contributed by atoms with Crippen LogP contribution in [-0.4, -0.2) is 61.6 Å². The summed E-state index contributed by atoms with van der Waals surface area (Å²) in [5.74, 6) is 0.0876. The second kappa shape index (κ2) is 11.7. The number of esters is 1. The van der Waals surface area contributed by atoms with Crippen LogP contribution in [0.5, 0.6) is 11.5 Å². The van der Waals surface area contributed by atoms with E-state index < -0.39 is 12.0 Å². The van der Waals surface area contributed by atoms with Gasteiger partial charge in [0.1, 0.15) is 30.8 Å². The minimum Gasteiger partial charge on any atom is -0.490 e. The van der Waals surface area contributed by atoms with Gasteiger partial charge in [-0.25, -0.2) is 0 Å². The Morgan fingerprint density at radius 3 is 2.47 bits per heavy atom. The van der Waals surface area contributed by atoms with E-state index in [0.717, 1.165) is 5.75 Å². The molecule has 8 nitrogen and oxygen atoms in total. The monoisotopic (exact) mass is 440 g/mol. The zero-order valence-electron chi connectivity index (χ0n) is 18.1. The average Bonchev–Trinajstić information content (AvgIpc) is 2.82. The number of benzene rings is 2. The van der Waals surface area contributed by atoms with Gasteiger partial charge in [-0.15, -0.1) is 0 Å². The van der Waals surface area contributed by atoms with Crippen molar-refractivity contribution in [2.75, 3.05) is 32.9 Å². The summed E-state index contributed by atoms with van der Waals surface area (Å²) in [7, 11) is 0. The Balaban J connectivity index is 1.60. The van der Waals surface area contributed by atoms with Gasteiger partial charge in [0.05, 0.1) is 13.0 Å². The molecule has 32 heavy (non-hydrogen) atoms. The fourth-order valence-electron chi connectivity index (χ4n) is 3.31. The van der Waals surface area contributed by atoms with E-state index in [2.05, 4.69) is 5.32 Å². The fraction of sp³-hybridized carbons (Fsp3) is 0.375. The summed E-state index contributed by atoms with van der Waals surface area (Å²) < 4.78 is 16.4. The number of amides is 2. The van der Waals surface area contributed by atoms with Crippen molar-refractivity contribution < 1.29 is 28.6 Å². The molecule has 2 aromatic carbocycles. The van der Waals surface area contributed by atoms with Gasteiger partial charge in [0.2, 0.25) is 5.91 Å². The van der Waals surface area contributed by atoms with Crippen molar-refractivity contribution in [2.45, 2.75) is 25.8 Å². The van der Waals surface area contributed by atoms with Crippen LogP contribution in [0.2, 0.25) is 0 Å². The van der Waals surface area contributed by atoms with Crippen molar-refractivity contribution in [3.05, 3.63) is 60.2 Å². The number of hydrogen-bond donors (Lipinski definition) is 1. The molecule has 1 saturated heterocycles. The first-order valence-electron chi connectivity index (χ1n) is 10.7. The average molecular weight is 440 g/mol. The minimum atomic E-state index is -0.899. The molecule has 1 aliphatic rings. The van der Waals surface area contributed by atoms with Crippen molar-refractivity contribution >= 4 is 17.8 Å². The van der Waals surface area contributed by atoms with Crippen molar-refractivity contribution in [1.82, 2.24) is 10.2 Å². The van der Waals surface area contributed by atoms with Crippen LogP contribution < -0.4 is 14.8 Å². The maximum atomic E-state index is 13.1. The molecule has 170 valence electrons. The summed E-state index contributed by atoms with van der Waals surface area (Å²) in [6, 6.07) is 15.3. The van der Waals surface area contributed by atoms with Crippen LogP contribution in [0.3, 0.4) is 0 Å². The maximum Gasteiger partial charge on any atom is 0.308 e.